The normalized spacial score (nSPS) is 12.2. The van der Waals surface area contributed by atoms with Crippen LogP contribution in [0.3, 0.4) is 0 Å². The maximum atomic E-state index is 11.7. The van der Waals surface area contributed by atoms with Crippen LogP contribution in [0.4, 0.5) is 5.95 Å². The number of amides is 1. The van der Waals surface area contributed by atoms with Crippen LogP contribution in [-0.4, -0.2) is 22.4 Å². The lowest BCUT2D eigenvalue weighted by atomic mass is 10.1. The van der Waals surface area contributed by atoms with E-state index in [9.17, 15) is 4.79 Å². The van der Waals surface area contributed by atoms with Gasteiger partial charge in [0.25, 0.3) is 0 Å². The third kappa shape index (κ3) is 3.58. The number of nitrogens with one attached hydrogen (secondary N) is 1. The molecule has 0 bridgehead atoms. The minimum absolute atomic E-state index is 0.0875. The minimum atomic E-state index is -0.116. The lowest BCUT2D eigenvalue weighted by Crippen LogP contribution is -2.24. The van der Waals surface area contributed by atoms with Crippen molar-refractivity contribution >= 4 is 11.9 Å². The van der Waals surface area contributed by atoms with E-state index in [1.807, 2.05) is 26.8 Å². The molecular weight excluding hydrogens is 204 g/mol. The first-order chi connectivity index (χ1) is 7.52. The Labute approximate surface area is 95.5 Å². The summed E-state index contributed by atoms with van der Waals surface area (Å²) in [5.41, 5.74) is 7.08. The molecule has 1 amide bonds. The van der Waals surface area contributed by atoms with E-state index in [0.29, 0.717) is 18.9 Å². The van der Waals surface area contributed by atoms with Crippen molar-refractivity contribution in [1.29, 1.82) is 0 Å². The van der Waals surface area contributed by atoms with E-state index < -0.39 is 0 Å². The Balaban J connectivity index is 2.69. The van der Waals surface area contributed by atoms with Crippen molar-refractivity contribution < 1.29 is 4.79 Å². The molecule has 1 aromatic heterocycles. The number of nitrogens with two attached hydrogens (primary N) is 1. The van der Waals surface area contributed by atoms with E-state index in [1.165, 1.54) is 0 Å². The molecule has 3 N–H and O–H groups in total. The van der Waals surface area contributed by atoms with E-state index in [2.05, 4.69) is 15.3 Å². The number of rotatable bonds is 4. The Morgan fingerprint density at radius 2 is 2.00 bits per heavy atom. The van der Waals surface area contributed by atoms with Crippen molar-refractivity contribution in [3.63, 3.8) is 0 Å². The summed E-state index contributed by atoms with van der Waals surface area (Å²) < 4.78 is 0. The van der Waals surface area contributed by atoms with Crippen LogP contribution >= 0.6 is 0 Å². The second-order valence-electron chi connectivity index (χ2n) is 3.94. The van der Waals surface area contributed by atoms with E-state index in [-0.39, 0.29) is 11.8 Å². The molecule has 0 aliphatic rings. The fraction of sp³-hybridized carbons (Fsp3) is 0.545. The van der Waals surface area contributed by atoms with Gasteiger partial charge in [0.2, 0.25) is 11.9 Å². The summed E-state index contributed by atoms with van der Waals surface area (Å²) in [6.07, 6.45) is 0.663. The second kappa shape index (κ2) is 5.55. The molecule has 0 radical (unpaired) electrons. The monoisotopic (exact) mass is 222 g/mol. The van der Waals surface area contributed by atoms with E-state index in [0.717, 1.165) is 11.4 Å². The van der Waals surface area contributed by atoms with Gasteiger partial charge in [0, 0.05) is 17.3 Å². The average Bonchev–Trinajstić information content (AvgIpc) is 2.16. The number of hydrogen-bond acceptors (Lipinski definition) is 4. The lowest BCUT2D eigenvalue weighted by molar-refractivity contribution is -0.119. The Morgan fingerprint density at radius 1 is 1.44 bits per heavy atom. The molecule has 0 aromatic carbocycles. The van der Waals surface area contributed by atoms with E-state index in [4.69, 9.17) is 5.73 Å². The van der Waals surface area contributed by atoms with Crippen molar-refractivity contribution in [3.05, 3.63) is 17.5 Å². The number of nitrogens with zero attached hydrogens (tertiary/aromatic N) is 2. The Morgan fingerprint density at radius 3 is 2.50 bits per heavy atom. The zero-order valence-corrected chi connectivity index (χ0v) is 9.95. The van der Waals surface area contributed by atoms with Crippen molar-refractivity contribution in [2.75, 3.05) is 11.9 Å². The molecule has 5 heteroatoms. The van der Waals surface area contributed by atoms with Gasteiger partial charge in [0.05, 0.1) is 0 Å². The highest BCUT2D eigenvalue weighted by atomic mass is 16.2. The van der Waals surface area contributed by atoms with Gasteiger partial charge >= 0.3 is 0 Å². The highest BCUT2D eigenvalue weighted by molar-refractivity contribution is 5.90. The topological polar surface area (TPSA) is 80.9 Å². The predicted octanol–water partition coefficient (Wildman–Crippen LogP) is 1.02. The summed E-state index contributed by atoms with van der Waals surface area (Å²) in [7, 11) is 0. The zero-order chi connectivity index (χ0) is 12.1. The van der Waals surface area contributed by atoms with Crippen LogP contribution < -0.4 is 11.1 Å². The van der Waals surface area contributed by atoms with Crippen LogP contribution in [0.1, 0.15) is 24.7 Å². The SMILES string of the molecule is Cc1cc(C)nc(NC(=O)C(C)CCN)n1. The maximum Gasteiger partial charge on any atom is 0.229 e. The average molecular weight is 222 g/mol. The first kappa shape index (κ1) is 12.6. The number of aromatic nitrogens is 2. The summed E-state index contributed by atoms with van der Waals surface area (Å²) in [6.45, 7) is 6.08. The fourth-order valence-corrected chi connectivity index (χ4v) is 1.40. The smallest absolute Gasteiger partial charge is 0.229 e. The molecule has 0 saturated carbocycles. The molecule has 0 saturated heterocycles. The molecule has 88 valence electrons. The first-order valence-corrected chi connectivity index (χ1v) is 5.36. The van der Waals surface area contributed by atoms with Gasteiger partial charge in [-0.25, -0.2) is 9.97 Å². The fourth-order valence-electron chi connectivity index (χ4n) is 1.40. The standard InChI is InChI=1S/C11H18N4O/c1-7(4-5-12)10(16)15-11-13-8(2)6-9(3)14-11/h6-7H,4-5,12H2,1-3H3,(H,13,14,15,16). The van der Waals surface area contributed by atoms with Gasteiger partial charge in [0.1, 0.15) is 0 Å². The van der Waals surface area contributed by atoms with Gasteiger partial charge in [0.15, 0.2) is 0 Å². The van der Waals surface area contributed by atoms with Crippen molar-refractivity contribution in [2.24, 2.45) is 11.7 Å². The Bertz CT molecular complexity index is 358. The van der Waals surface area contributed by atoms with Gasteiger partial charge in [-0.1, -0.05) is 6.92 Å². The summed E-state index contributed by atoms with van der Waals surface area (Å²) in [5, 5.41) is 2.69. The van der Waals surface area contributed by atoms with Crippen LogP contribution in [0.15, 0.2) is 6.07 Å². The van der Waals surface area contributed by atoms with Gasteiger partial charge in [-0.3, -0.25) is 10.1 Å². The van der Waals surface area contributed by atoms with Crippen LogP contribution in [0.5, 0.6) is 0 Å². The summed E-state index contributed by atoms with van der Waals surface area (Å²) in [4.78, 5) is 20.0. The third-order valence-electron chi connectivity index (χ3n) is 2.26. The number of hydrogen-bond donors (Lipinski definition) is 2. The van der Waals surface area contributed by atoms with Crippen molar-refractivity contribution in [2.45, 2.75) is 27.2 Å². The third-order valence-corrected chi connectivity index (χ3v) is 2.26. The van der Waals surface area contributed by atoms with Gasteiger partial charge in [-0.2, -0.15) is 0 Å². The molecule has 16 heavy (non-hydrogen) atoms. The molecule has 1 aromatic rings. The summed E-state index contributed by atoms with van der Waals surface area (Å²) >= 11 is 0. The zero-order valence-electron chi connectivity index (χ0n) is 9.95. The molecule has 0 fully saturated rings. The van der Waals surface area contributed by atoms with Crippen molar-refractivity contribution in [3.8, 4) is 0 Å². The molecule has 0 aliphatic carbocycles. The Hall–Kier alpha value is -1.49. The summed E-state index contributed by atoms with van der Waals surface area (Å²) in [6, 6.07) is 1.86. The van der Waals surface area contributed by atoms with Gasteiger partial charge in [-0.05, 0) is 32.9 Å². The molecule has 1 unspecified atom stereocenters. The predicted molar refractivity (Wildman–Crippen MR) is 63.0 cm³/mol. The number of aryl methyl sites for hydroxylation is 2. The quantitative estimate of drug-likeness (QED) is 0.796. The van der Waals surface area contributed by atoms with Crippen LogP contribution in [0.2, 0.25) is 0 Å². The molecule has 1 heterocycles. The van der Waals surface area contributed by atoms with Crippen LogP contribution in [0, 0.1) is 19.8 Å². The van der Waals surface area contributed by atoms with Gasteiger partial charge < -0.3 is 5.73 Å². The van der Waals surface area contributed by atoms with E-state index >= 15 is 0 Å². The maximum absolute atomic E-state index is 11.7. The molecule has 1 atom stereocenters. The molecule has 0 aliphatic heterocycles. The first-order valence-electron chi connectivity index (χ1n) is 5.36. The molecule has 5 nitrogen and oxygen atoms in total. The number of carbonyl (C=O) groups is 1. The molecular formula is C11H18N4O. The largest absolute Gasteiger partial charge is 0.330 e. The summed E-state index contributed by atoms with van der Waals surface area (Å²) in [5.74, 6) is 0.163. The van der Waals surface area contributed by atoms with Crippen LogP contribution in [0.25, 0.3) is 0 Å². The second-order valence-corrected chi connectivity index (χ2v) is 3.94. The minimum Gasteiger partial charge on any atom is -0.330 e. The number of carbonyl (C=O) groups excluding carboxylic acids is 1. The van der Waals surface area contributed by atoms with Gasteiger partial charge in [-0.15, -0.1) is 0 Å². The molecule has 0 spiro atoms. The van der Waals surface area contributed by atoms with Crippen molar-refractivity contribution in [1.82, 2.24) is 9.97 Å². The highest BCUT2D eigenvalue weighted by Crippen LogP contribution is 2.07. The lowest BCUT2D eigenvalue weighted by Gasteiger charge is -2.10. The van der Waals surface area contributed by atoms with E-state index in [1.54, 1.807) is 0 Å². The number of anilines is 1. The van der Waals surface area contributed by atoms with Crippen LogP contribution in [-0.2, 0) is 4.79 Å². The highest BCUT2D eigenvalue weighted by Gasteiger charge is 2.13. The Kier molecular flexibility index (Phi) is 4.37. The molecule has 1 rings (SSSR count).